The highest BCUT2D eigenvalue weighted by atomic mass is 31.2. The van der Waals surface area contributed by atoms with Gasteiger partial charge < -0.3 is 19.5 Å². The number of rotatable bonds is 9. The average Bonchev–Trinajstić information content (AvgIpc) is 2.78. The fraction of sp³-hybridized carbons (Fsp3) is 0.480. The number of nitrogens with zero attached hydrogens (tertiary/aromatic N) is 1. The average molecular weight is 525 g/mol. The van der Waals surface area contributed by atoms with E-state index in [1.54, 1.807) is 27.4 Å². The first-order valence-electron chi connectivity index (χ1n) is 11.7. The Hall–Kier alpha value is -2.84. The number of aromatic nitrogens is 1. The van der Waals surface area contributed by atoms with E-state index in [1.165, 1.54) is 16.8 Å². The maximum Gasteiger partial charge on any atom is 0.257 e. The molecule has 2 heterocycles. The van der Waals surface area contributed by atoms with E-state index in [0.29, 0.717) is 31.7 Å². The number of nitrogens with one attached hydrogen (secondary N) is 1. The van der Waals surface area contributed by atoms with Crippen molar-refractivity contribution in [3.8, 4) is 5.75 Å². The minimum Gasteiger partial charge on any atom is -0.503 e. The molecule has 1 aliphatic heterocycles. The zero-order chi connectivity index (χ0) is 26.8. The van der Waals surface area contributed by atoms with Gasteiger partial charge in [-0.15, -0.1) is 0 Å². The molecule has 8 nitrogen and oxygen atoms in total. The molecule has 2 N–H and O–H groups in total. The highest BCUT2D eigenvalue weighted by Crippen LogP contribution is 2.46. The molecule has 2 unspecified atom stereocenters. The molecule has 1 aromatic carbocycles. The van der Waals surface area contributed by atoms with Gasteiger partial charge in [-0.1, -0.05) is 19.9 Å². The Kier molecular flexibility index (Phi) is 8.20. The van der Waals surface area contributed by atoms with Gasteiger partial charge in [-0.25, -0.2) is 8.78 Å². The van der Waals surface area contributed by atoms with Gasteiger partial charge in [-0.3, -0.25) is 18.9 Å². The molecule has 0 radical (unpaired) electrons. The van der Waals surface area contributed by atoms with Crippen LogP contribution in [-0.4, -0.2) is 40.8 Å². The Labute approximate surface area is 208 Å². The second-order valence-corrected chi connectivity index (χ2v) is 12.4. The number of fused-ring (bicyclic) bond motifs is 1. The Morgan fingerprint density at radius 3 is 2.64 bits per heavy atom. The number of carbonyl (C=O) groups is 2. The van der Waals surface area contributed by atoms with E-state index in [-0.39, 0.29) is 30.3 Å². The smallest absolute Gasteiger partial charge is 0.257 e. The number of Topliss-reactive ketones (excluding diaryl/α,β-unsaturated/α-hetero) is 1. The molecule has 0 saturated carbocycles. The van der Waals surface area contributed by atoms with Crippen LogP contribution in [0.25, 0.3) is 0 Å². The first-order chi connectivity index (χ1) is 16.8. The topological polar surface area (TPSA) is 115 Å². The molecule has 2 aromatic rings. The fourth-order valence-electron chi connectivity index (χ4n) is 4.50. The summed E-state index contributed by atoms with van der Waals surface area (Å²) in [7, 11) is -2.73. The molecular formula is C25H31F2N2O6P. The van der Waals surface area contributed by atoms with E-state index in [0.717, 1.165) is 6.07 Å². The first-order valence-corrected chi connectivity index (χ1v) is 14.0. The van der Waals surface area contributed by atoms with Gasteiger partial charge in [-0.2, -0.15) is 0 Å². The largest absolute Gasteiger partial charge is 0.503 e. The van der Waals surface area contributed by atoms with Crippen LogP contribution >= 0.6 is 7.37 Å². The summed E-state index contributed by atoms with van der Waals surface area (Å²) in [5.74, 6) is -3.95. The molecule has 0 saturated heterocycles. The molecule has 36 heavy (non-hydrogen) atoms. The number of benzene rings is 1. The predicted octanol–water partition coefficient (Wildman–Crippen LogP) is 4.33. The standard InChI is InChI=1S/C25H31F2N2O6P/c1-5-35-36(4,34)10-6-7-16-13-29-14-18(21(30)22(31)20(29)23(32)25(16,2)3)24(33)28-12-15-8-9-17(26)11-19(15)27/h8-9,11,14,16,31H,5-7,10,12-13H2,1-4H3,(H,28,33). The SMILES string of the molecule is CCOP(C)(=O)CCCC1Cn2cc(C(=O)NCc3ccc(F)cc3F)c(=O)c(O)c2C(=O)C1(C)C. The van der Waals surface area contributed by atoms with Crippen LogP contribution < -0.4 is 10.7 Å². The zero-order valence-corrected chi connectivity index (χ0v) is 21.7. The lowest BCUT2D eigenvalue weighted by atomic mass is 9.70. The number of ketones is 1. The second-order valence-electron chi connectivity index (χ2n) is 9.69. The number of halogens is 2. The van der Waals surface area contributed by atoms with Crippen molar-refractivity contribution in [2.45, 2.75) is 46.7 Å². The maximum atomic E-state index is 13.9. The van der Waals surface area contributed by atoms with E-state index >= 15 is 0 Å². The van der Waals surface area contributed by atoms with E-state index in [9.17, 15) is 32.8 Å². The summed E-state index contributed by atoms with van der Waals surface area (Å²) >= 11 is 0. The van der Waals surface area contributed by atoms with Gasteiger partial charge >= 0.3 is 0 Å². The maximum absolute atomic E-state index is 13.9. The van der Waals surface area contributed by atoms with Gasteiger partial charge in [0, 0.05) is 49.2 Å². The van der Waals surface area contributed by atoms with Crippen molar-refractivity contribution >= 4 is 19.1 Å². The van der Waals surface area contributed by atoms with Crippen molar-refractivity contribution in [3.05, 3.63) is 63.1 Å². The fourth-order valence-corrected chi connectivity index (χ4v) is 5.93. The molecule has 11 heteroatoms. The molecule has 0 aliphatic carbocycles. The lowest BCUT2D eigenvalue weighted by Gasteiger charge is -2.39. The van der Waals surface area contributed by atoms with Crippen LogP contribution in [-0.2, 0) is 22.2 Å². The number of aromatic hydroxyl groups is 1. The van der Waals surface area contributed by atoms with Gasteiger partial charge in [0.25, 0.3) is 5.91 Å². The Morgan fingerprint density at radius 2 is 2.00 bits per heavy atom. The third-order valence-electron chi connectivity index (χ3n) is 6.71. The lowest BCUT2D eigenvalue weighted by Crippen LogP contribution is -2.44. The summed E-state index contributed by atoms with van der Waals surface area (Å²) in [5.41, 5.74) is -2.47. The van der Waals surface area contributed by atoms with Crippen LogP contribution in [0, 0.1) is 23.0 Å². The third-order valence-corrected chi connectivity index (χ3v) is 8.65. The van der Waals surface area contributed by atoms with Crippen molar-refractivity contribution in [3.63, 3.8) is 0 Å². The van der Waals surface area contributed by atoms with Crippen molar-refractivity contribution in [1.29, 1.82) is 0 Å². The van der Waals surface area contributed by atoms with Crippen LogP contribution in [0.1, 0.15) is 60.0 Å². The van der Waals surface area contributed by atoms with Crippen LogP contribution in [0.3, 0.4) is 0 Å². The molecule has 3 rings (SSSR count). The zero-order valence-electron chi connectivity index (χ0n) is 20.8. The number of hydrogen-bond acceptors (Lipinski definition) is 6. The molecule has 0 fully saturated rings. The molecular weight excluding hydrogens is 493 g/mol. The van der Waals surface area contributed by atoms with E-state index in [2.05, 4.69) is 5.32 Å². The molecule has 2 atom stereocenters. The number of hydrogen-bond donors (Lipinski definition) is 2. The Balaban J connectivity index is 1.84. The second kappa shape index (κ2) is 10.6. The molecule has 1 aromatic heterocycles. The number of carbonyl (C=O) groups excluding carboxylic acids is 2. The molecule has 0 spiro atoms. The summed E-state index contributed by atoms with van der Waals surface area (Å²) in [4.78, 5) is 38.7. The van der Waals surface area contributed by atoms with Gasteiger partial charge in [0.2, 0.25) is 5.43 Å². The van der Waals surface area contributed by atoms with Crippen molar-refractivity contribution in [2.24, 2.45) is 11.3 Å². The molecule has 1 aliphatic rings. The highest BCUT2D eigenvalue weighted by molar-refractivity contribution is 7.58. The summed E-state index contributed by atoms with van der Waals surface area (Å²) < 4.78 is 46.1. The van der Waals surface area contributed by atoms with Crippen LogP contribution in [0.2, 0.25) is 0 Å². The normalized spacial score (nSPS) is 18.4. The van der Waals surface area contributed by atoms with Gasteiger partial charge in [0.15, 0.2) is 18.9 Å². The van der Waals surface area contributed by atoms with Gasteiger partial charge in [0.05, 0.1) is 6.61 Å². The minimum absolute atomic E-state index is 0.0179. The van der Waals surface area contributed by atoms with Crippen LogP contribution in [0.5, 0.6) is 5.75 Å². The minimum atomic E-state index is -2.73. The first kappa shape index (κ1) is 27.7. The monoisotopic (exact) mass is 524 g/mol. The predicted molar refractivity (Wildman–Crippen MR) is 131 cm³/mol. The van der Waals surface area contributed by atoms with E-state index < -0.39 is 52.9 Å². The number of pyridine rings is 1. The molecule has 0 bridgehead atoms. The van der Waals surface area contributed by atoms with Gasteiger partial charge in [-0.05, 0) is 31.7 Å². The lowest BCUT2D eigenvalue weighted by molar-refractivity contribution is 0.0625. The summed E-state index contributed by atoms with van der Waals surface area (Å²) in [6.07, 6.45) is 2.67. The Morgan fingerprint density at radius 1 is 1.31 bits per heavy atom. The van der Waals surface area contributed by atoms with Gasteiger partial charge in [0.1, 0.15) is 22.9 Å². The van der Waals surface area contributed by atoms with Crippen molar-refractivity contribution in [2.75, 3.05) is 19.4 Å². The summed E-state index contributed by atoms with van der Waals surface area (Å²) in [6, 6.07) is 2.90. The van der Waals surface area contributed by atoms with Crippen molar-refractivity contribution < 1.29 is 32.6 Å². The van der Waals surface area contributed by atoms with Crippen LogP contribution in [0.15, 0.2) is 29.2 Å². The highest BCUT2D eigenvalue weighted by Gasteiger charge is 2.44. The summed E-state index contributed by atoms with van der Waals surface area (Å²) in [5, 5.41) is 13.0. The van der Waals surface area contributed by atoms with Crippen molar-refractivity contribution in [1.82, 2.24) is 9.88 Å². The molecule has 196 valence electrons. The summed E-state index contributed by atoms with van der Waals surface area (Å²) in [6.45, 7) is 7.11. The number of amides is 1. The van der Waals surface area contributed by atoms with Crippen LogP contribution in [0.4, 0.5) is 8.78 Å². The third kappa shape index (κ3) is 5.76. The van der Waals surface area contributed by atoms with E-state index in [4.69, 9.17) is 4.52 Å². The van der Waals surface area contributed by atoms with E-state index in [1.807, 2.05) is 0 Å². The molecule has 1 amide bonds. The quantitative estimate of drug-likeness (QED) is 0.472. The Bertz CT molecular complexity index is 1290.